The van der Waals surface area contributed by atoms with Gasteiger partial charge in [-0.2, -0.15) is 10.5 Å². The molecule has 0 saturated heterocycles. The lowest BCUT2D eigenvalue weighted by Crippen LogP contribution is -1.94. The Morgan fingerprint density at radius 1 is 1.00 bits per heavy atom. The van der Waals surface area contributed by atoms with Gasteiger partial charge in [-0.3, -0.25) is 0 Å². The van der Waals surface area contributed by atoms with Crippen molar-refractivity contribution in [2.24, 2.45) is 0 Å². The summed E-state index contributed by atoms with van der Waals surface area (Å²) in [7, 11) is 0. The van der Waals surface area contributed by atoms with E-state index >= 15 is 0 Å². The highest BCUT2D eigenvalue weighted by atomic mass is 14.9. The molecule has 0 aliphatic carbocycles. The zero-order chi connectivity index (χ0) is 10.7. The van der Waals surface area contributed by atoms with Crippen LogP contribution < -0.4 is 0 Å². The molecular formula is C12H7N3. The summed E-state index contributed by atoms with van der Waals surface area (Å²) in [6.45, 7) is 0. The fraction of sp³-hybridized carbons (Fsp3) is 0. The minimum atomic E-state index is 0.553. The minimum absolute atomic E-state index is 0.553. The van der Waals surface area contributed by atoms with E-state index in [-0.39, 0.29) is 0 Å². The smallest absolute Gasteiger partial charge is 0.101 e. The molecule has 0 saturated carbocycles. The molecule has 2 rings (SSSR count). The fourth-order valence-electron chi connectivity index (χ4n) is 1.40. The molecule has 0 bridgehead atoms. The lowest BCUT2D eigenvalue weighted by Gasteiger charge is -2.05. The summed E-state index contributed by atoms with van der Waals surface area (Å²) < 4.78 is 1.82. The Labute approximate surface area is 87.4 Å². The molecule has 70 valence electrons. The van der Waals surface area contributed by atoms with Crippen LogP contribution in [0.15, 0.2) is 42.7 Å². The molecule has 15 heavy (non-hydrogen) atoms. The van der Waals surface area contributed by atoms with Crippen LogP contribution in [0.3, 0.4) is 0 Å². The average Bonchev–Trinajstić information content (AvgIpc) is 2.81. The summed E-state index contributed by atoms with van der Waals surface area (Å²) in [6.07, 6.45) is 3.69. The highest BCUT2D eigenvalue weighted by Gasteiger charge is 2.04. The van der Waals surface area contributed by atoms with Crippen molar-refractivity contribution in [3.63, 3.8) is 0 Å². The van der Waals surface area contributed by atoms with Gasteiger partial charge in [0.15, 0.2) is 0 Å². The van der Waals surface area contributed by atoms with E-state index in [4.69, 9.17) is 10.5 Å². The van der Waals surface area contributed by atoms with Crippen LogP contribution in [0.4, 0.5) is 0 Å². The van der Waals surface area contributed by atoms with Gasteiger partial charge in [0.1, 0.15) is 6.07 Å². The molecule has 0 spiro atoms. The first-order valence-corrected chi connectivity index (χ1v) is 4.43. The van der Waals surface area contributed by atoms with Crippen molar-refractivity contribution in [3.05, 3.63) is 53.9 Å². The summed E-state index contributed by atoms with van der Waals surface area (Å²) in [5.74, 6) is 0. The summed E-state index contributed by atoms with van der Waals surface area (Å²) in [5.41, 5.74) is 1.85. The lowest BCUT2D eigenvalue weighted by molar-refractivity contribution is 1.07. The minimum Gasteiger partial charge on any atom is -0.323 e. The molecule has 3 heteroatoms. The molecule has 0 atom stereocenters. The molecule has 2 aromatic rings. The molecule has 0 amide bonds. The molecule has 0 fully saturated rings. The van der Waals surface area contributed by atoms with Gasteiger partial charge in [0, 0.05) is 12.4 Å². The molecule has 0 aliphatic heterocycles. The monoisotopic (exact) mass is 193 g/mol. The Bertz CT molecular complexity index is 554. The summed E-state index contributed by atoms with van der Waals surface area (Å²) in [4.78, 5) is 0. The van der Waals surface area contributed by atoms with Crippen molar-refractivity contribution in [1.29, 1.82) is 10.5 Å². The predicted molar refractivity (Wildman–Crippen MR) is 55.2 cm³/mol. The lowest BCUT2D eigenvalue weighted by atomic mass is 10.1. The van der Waals surface area contributed by atoms with Gasteiger partial charge in [-0.25, -0.2) is 0 Å². The molecule has 0 aliphatic rings. The van der Waals surface area contributed by atoms with Crippen molar-refractivity contribution in [3.8, 4) is 17.8 Å². The van der Waals surface area contributed by atoms with E-state index in [1.165, 1.54) is 0 Å². The van der Waals surface area contributed by atoms with Crippen LogP contribution in [0.5, 0.6) is 0 Å². The molecule has 0 unspecified atom stereocenters. The number of rotatable bonds is 1. The van der Waals surface area contributed by atoms with E-state index in [9.17, 15) is 0 Å². The number of hydrogen-bond acceptors (Lipinski definition) is 2. The van der Waals surface area contributed by atoms with Crippen LogP contribution in [0.1, 0.15) is 11.1 Å². The van der Waals surface area contributed by atoms with Gasteiger partial charge in [0.2, 0.25) is 0 Å². The third-order valence-corrected chi connectivity index (χ3v) is 2.13. The second-order valence-electron chi connectivity index (χ2n) is 3.05. The number of aromatic nitrogens is 1. The standard InChI is InChI=1S/C12H7N3/c13-8-10-3-4-11(9-14)12(7-10)15-5-1-2-6-15/h1-7H. The molecule has 1 heterocycles. The topological polar surface area (TPSA) is 52.5 Å². The van der Waals surface area contributed by atoms with E-state index in [0.29, 0.717) is 11.1 Å². The van der Waals surface area contributed by atoms with Gasteiger partial charge in [-0.15, -0.1) is 0 Å². The van der Waals surface area contributed by atoms with Crippen LogP contribution in [-0.4, -0.2) is 4.57 Å². The Morgan fingerprint density at radius 2 is 1.73 bits per heavy atom. The average molecular weight is 193 g/mol. The number of nitrogens with zero attached hydrogens (tertiary/aromatic N) is 3. The number of hydrogen-bond donors (Lipinski definition) is 0. The van der Waals surface area contributed by atoms with Crippen LogP contribution in [0.25, 0.3) is 5.69 Å². The molecule has 1 aromatic carbocycles. The Kier molecular flexibility index (Phi) is 2.23. The maximum absolute atomic E-state index is 8.93. The van der Waals surface area contributed by atoms with Crippen molar-refractivity contribution in [2.45, 2.75) is 0 Å². The van der Waals surface area contributed by atoms with Crippen LogP contribution >= 0.6 is 0 Å². The second kappa shape index (κ2) is 3.69. The maximum Gasteiger partial charge on any atom is 0.101 e. The number of benzene rings is 1. The van der Waals surface area contributed by atoms with E-state index in [0.717, 1.165) is 5.69 Å². The zero-order valence-corrected chi connectivity index (χ0v) is 7.88. The van der Waals surface area contributed by atoms with Crippen LogP contribution in [0.2, 0.25) is 0 Å². The van der Waals surface area contributed by atoms with Gasteiger partial charge in [0.05, 0.1) is 22.9 Å². The predicted octanol–water partition coefficient (Wildman–Crippen LogP) is 2.22. The summed E-state index contributed by atoms with van der Waals surface area (Å²) in [5, 5.41) is 17.7. The second-order valence-corrected chi connectivity index (χ2v) is 3.05. The molecule has 1 aromatic heterocycles. The fourth-order valence-corrected chi connectivity index (χ4v) is 1.40. The first kappa shape index (κ1) is 9.05. The molecule has 0 radical (unpaired) electrons. The quantitative estimate of drug-likeness (QED) is 0.697. The Hall–Kier alpha value is -2.52. The van der Waals surface area contributed by atoms with Crippen LogP contribution in [0, 0.1) is 22.7 Å². The van der Waals surface area contributed by atoms with E-state index < -0.39 is 0 Å². The van der Waals surface area contributed by atoms with Crippen LogP contribution in [-0.2, 0) is 0 Å². The largest absolute Gasteiger partial charge is 0.323 e. The van der Waals surface area contributed by atoms with Crippen molar-refractivity contribution < 1.29 is 0 Å². The van der Waals surface area contributed by atoms with E-state index in [2.05, 4.69) is 12.1 Å². The highest BCUT2D eigenvalue weighted by Crippen LogP contribution is 2.15. The van der Waals surface area contributed by atoms with Crippen molar-refractivity contribution in [2.75, 3.05) is 0 Å². The number of nitriles is 2. The van der Waals surface area contributed by atoms with Gasteiger partial charge in [0.25, 0.3) is 0 Å². The van der Waals surface area contributed by atoms with Crippen molar-refractivity contribution in [1.82, 2.24) is 4.57 Å². The summed E-state index contributed by atoms with van der Waals surface area (Å²) >= 11 is 0. The normalized spacial score (nSPS) is 9.20. The van der Waals surface area contributed by atoms with Gasteiger partial charge < -0.3 is 4.57 Å². The van der Waals surface area contributed by atoms with Crippen molar-refractivity contribution >= 4 is 0 Å². The molecule has 3 nitrogen and oxygen atoms in total. The molecule has 0 N–H and O–H groups in total. The molecular weight excluding hydrogens is 186 g/mol. The van der Waals surface area contributed by atoms with Gasteiger partial charge in [-0.05, 0) is 30.3 Å². The SMILES string of the molecule is N#Cc1ccc(C#N)c(-n2cccc2)c1. The Morgan fingerprint density at radius 3 is 2.33 bits per heavy atom. The third kappa shape index (κ3) is 1.59. The summed E-state index contributed by atoms with van der Waals surface area (Å²) in [6, 6.07) is 12.9. The van der Waals surface area contributed by atoms with E-state index in [1.807, 2.05) is 29.1 Å². The zero-order valence-electron chi connectivity index (χ0n) is 7.88. The Balaban J connectivity index is 2.65. The van der Waals surface area contributed by atoms with Gasteiger partial charge >= 0.3 is 0 Å². The first-order chi connectivity index (χ1) is 7.35. The van der Waals surface area contributed by atoms with Gasteiger partial charge in [-0.1, -0.05) is 0 Å². The third-order valence-electron chi connectivity index (χ3n) is 2.13. The highest BCUT2D eigenvalue weighted by molar-refractivity contribution is 5.53. The maximum atomic E-state index is 8.93. The van der Waals surface area contributed by atoms with E-state index in [1.54, 1.807) is 18.2 Å². The first-order valence-electron chi connectivity index (χ1n) is 4.43.